The predicted molar refractivity (Wildman–Crippen MR) is 66.7 cm³/mol. The second-order valence-corrected chi connectivity index (χ2v) is 4.68. The number of nitrogens with zero attached hydrogens (tertiary/aromatic N) is 2. The third-order valence-corrected chi connectivity index (χ3v) is 3.23. The molecule has 3 rings (SSSR count). The number of benzene rings is 1. The van der Waals surface area contributed by atoms with E-state index in [1.165, 1.54) is 6.07 Å². The lowest BCUT2D eigenvalue weighted by Gasteiger charge is -2.10. The number of nitrogens with one attached hydrogen (secondary N) is 1. The minimum absolute atomic E-state index is 0.164. The van der Waals surface area contributed by atoms with Gasteiger partial charge in [0.25, 0.3) is 5.91 Å². The minimum Gasteiger partial charge on any atom is -0.334 e. The van der Waals surface area contributed by atoms with Crippen molar-refractivity contribution in [2.24, 2.45) is 0 Å². The van der Waals surface area contributed by atoms with Gasteiger partial charge in [-0.1, -0.05) is 6.07 Å². The second kappa shape index (κ2) is 4.02. The zero-order chi connectivity index (χ0) is 13.5. The van der Waals surface area contributed by atoms with Gasteiger partial charge in [0, 0.05) is 11.6 Å². The summed E-state index contributed by atoms with van der Waals surface area (Å²) < 4.78 is 13.5. The maximum Gasteiger partial charge on any atom is 0.254 e. The second-order valence-electron chi connectivity index (χ2n) is 4.68. The van der Waals surface area contributed by atoms with Gasteiger partial charge < -0.3 is 5.32 Å². The van der Waals surface area contributed by atoms with Crippen molar-refractivity contribution in [2.45, 2.75) is 18.4 Å². The van der Waals surface area contributed by atoms with Crippen LogP contribution in [-0.2, 0) is 0 Å². The van der Waals surface area contributed by atoms with Crippen LogP contribution in [0.4, 0.5) is 4.39 Å². The Balaban J connectivity index is 2.05. The van der Waals surface area contributed by atoms with Crippen LogP contribution in [0.1, 0.15) is 23.2 Å². The molecule has 1 heterocycles. The summed E-state index contributed by atoms with van der Waals surface area (Å²) in [5.41, 5.74) is -0.169. The minimum atomic E-state index is -0.773. The Bertz CT molecular complexity index is 716. The molecule has 0 saturated heterocycles. The number of hydrogen-bond donors (Lipinski definition) is 1. The van der Waals surface area contributed by atoms with E-state index in [0.717, 1.165) is 6.07 Å². The van der Waals surface area contributed by atoms with Crippen LogP contribution in [0.2, 0.25) is 0 Å². The van der Waals surface area contributed by atoms with Gasteiger partial charge in [0.1, 0.15) is 11.4 Å². The van der Waals surface area contributed by atoms with Crippen molar-refractivity contribution in [1.29, 1.82) is 5.26 Å². The molecular weight excluding hydrogens is 245 g/mol. The number of nitriles is 1. The molecule has 4 nitrogen and oxygen atoms in total. The quantitative estimate of drug-likeness (QED) is 0.894. The van der Waals surface area contributed by atoms with Gasteiger partial charge in [-0.2, -0.15) is 5.26 Å². The molecule has 0 unspecified atom stereocenters. The van der Waals surface area contributed by atoms with Crippen molar-refractivity contribution >= 4 is 16.8 Å². The summed E-state index contributed by atoms with van der Waals surface area (Å²) in [5.74, 6) is -0.949. The molecule has 2 aromatic rings. The Morgan fingerprint density at radius 2 is 2.26 bits per heavy atom. The molecule has 1 aliphatic carbocycles. The number of halogens is 1. The number of amides is 1. The summed E-state index contributed by atoms with van der Waals surface area (Å²) in [6.07, 6.45) is 2.82. The van der Waals surface area contributed by atoms with E-state index < -0.39 is 17.3 Å². The number of carbonyl (C=O) groups is 1. The Kier molecular flexibility index (Phi) is 2.46. The van der Waals surface area contributed by atoms with Crippen molar-refractivity contribution in [3.63, 3.8) is 0 Å². The van der Waals surface area contributed by atoms with E-state index in [1.54, 1.807) is 18.3 Å². The molecule has 0 spiro atoms. The van der Waals surface area contributed by atoms with Gasteiger partial charge in [-0.25, -0.2) is 4.39 Å². The first-order valence-corrected chi connectivity index (χ1v) is 5.92. The van der Waals surface area contributed by atoms with Gasteiger partial charge in [-0.05, 0) is 31.0 Å². The molecule has 0 aliphatic heterocycles. The van der Waals surface area contributed by atoms with E-state index in [1.807, 2.05) is 0 Å². The Morgan fingerprint density at radius 1 is 1.47 bits per heavy atom. The predicted octanol–water partition coefficient (Wildman–Crippen LogP) is 2.16. The average molecular weight is 255 g/mol. The summed E-state index contributed by atoms with van der Waals surface area (Å²) in [4.78, 5) is 16.3. The number of aromatic nitrogens is 1. The Morgan fingerprint density at radius 3 is 2.95 bits per heavy atom. The fraction of sp³-hybridized carbons (Fsp3) is 0.214. The van der Waals surface area contributed by atoms with Crippen molar-refractivity contribution in [3.05, 3.63) is 41.8 Å². The van der Waals surface area contributed by atoms with E-state index in [4.69, 9.17) is 5.26 Å². The van der Waals surface area contributed by atoms with Crippen molar-refractivity contribution in [1.82, 2.24) is 10.3 Å². The Hall–Kier alpha value is -2.48. The standard InChI is InChI=1S/C14H10FN3O/c15-10-6-9-2-1-5-17-12(9)11(7-10)13(19)18-14(8-16)3-4-14/h1-2,5-7H,3-4H2,(H,18,19). The van der Waals surface area contributed by atoms with Gasteiger partial charge in [0.15, 0.2) is 0 Å². The fourth-order valence-electron chi connectivity index (χ4n) is 2.00. The topological polar surface area (TPSA) is 65.8 Å². The maximum absolute atomic E-state index is 13.5. The molecule has 94 valence electrons. The summed E-state index contributed by atoms with van der Waals surface area (Å²) in [6, 6.07) is 7.93. The van der Waals surface area contributed by atoms with Crippen molar-refractivity contribution < 1.29 is 9.18 Å². The van der Waals surface area contributed by atoms with Crippen molar-refractivity contribution in [2.75, 3.05) is 0 Å². The third-order valence-electron chi connectivity index (χ3n) is 3.23. The van der Waals surface area contributed by atoms with Gasteiger partial charge in [0.05, 0.1) is 17.1 Å². The zero-order valence-corrected chi connectivity index (χ0v) is 9.98. The number of hydrogen-bond acceptors (Lipinski definition) is 3. The van der Waals surface area contributed by atoms with Crippen LogP contribution in [0.5, 0.6) is 0 Å². The van der Waals surface area contributed by atoms with Crippen LogP contribution in [0.3, 0.4) is 0 Å². The number of fused-ring (bicyclic) bond motifs is 1. The van der Waals surface area contributed by atoms with E-state index in [0.29, 0.717) is 23.7 Å². The molecule has 0 bridgehead atoms. The summed E-state index contributed by atoms with van der Waals surface area (Å²) in [7, 11) is 0. The van der Waals surface area contributed by atoms with Crippen LogP contribution < -0.4 is 5.32 Å². The lowest BCUT2D eigenvalue weighted by atomic mass is 10.1. The molecule has 1 fully saturated rings. The molecule has 0 atom stereocenters. The molecular formula is C14H10FN3O. The highest BCUT2D eigenvalue weighted by atomic mass is 19.1. The van der Waals surface area contributed by atoms with E-state index in [2.05, 4.69) is 16.4 Å². The number of carbonyl (C=O) groups excluding carboxylic acids is 1. The lowest BCUT2D eigenvalue weighted by Crippen LogP contribution is -2.35. The molecule has 1 aromatic heterocycles. The number of pyridine rings is 1. The molecule has 5 heteroatoms. The highest BCUT2D eigenvalue weighted by Gasteiger charge is 2.44. The molecule has 1 aliphatic rings. The molecule has 1 amide bonds. The van der Waals surface area contributed by atoms with E-state index >= 15 is 0 Å². The monoisotopic (exact) mass is 255 g/mol. The van der Waals surface area contributed by atoms with Crippen LogP contribution in [-0.4, -0.2) is 16.4 Å². The first-order valence-electron chi connectivity index (χ1n) is 5.92. The van der Waals surface area contributed by atoms with Gasteiger partial charge in [-0.15, -0.1) is 0 Å². The van der Waals surface area contributed by atoms with Gasteiger partial charge in [0.2, 0.25) is 0 Å². The summed E-state index contributed by atoms with van der Waals surface area (Å²) >= 11 is 0. The molecule has 0 radical (unpaired) electrons. The van der Waals surface area contributed by atoms with Crippen LogP contribution in [0.15, 0.2) is 30.5 Å². The lowest BCUT2D eigenvalue weighted by molar-refractivity contribution is 0.0942. The van der Waals surface area contributed by atoms with E-state index in [-0.39, 0.29) is 5.56 Å². The third kappa shape index (κ3) is 2.02. The fourth-order valence-corrected chi connectivity index (χ4v) is 2.00. The normalized spacial score (nSPS) is 15.8. The molecule has 19 heavy (non-hydrogen) atoms. The van der Waals surface area contributed by atoms with Gasteiger partial charge in [-0.3, -0.25) is 9.78 Å². The summed E-state index contributed by atoms with van der Waals surface area (Å²) in [6.45, 7) is 0. The SMILES string of the molecule is N#CC1(NC(=O)c2cc(F)cc3cccnc23)CC1. The average Bonchev–Trinajstić information content (AvgIpc) is 3.18. The molecule has 1 N–H and O–H groups in total. The first kappa shape index (κ1) is 11.6. The highest BCUT2D eigenvalue weighted by molar-refractivity contribution is 6.06. The summed E-state index contributed by atoms with van der Waals surface area (Å²) in [5, 5.41) is 12.2. The molecule has 1 saturated carbocycles. The van der Waals surface area contributed by atoms with Crippen molar-refractivity contribution in [3.8, 4) is 6.07 Å². The van der Waals surface area contributed by atoms with Crippen LogP contribution in [0.25, 0.3) is 10.9 Å². The van der Waals surface area contributed by atoms with E-state index in [9.17, 15) is 9.18 Å². The number of rotatable bonds is 2. The molecule has 1 aromatic carbocycles. The van der Waals surface area contributed by atoms with Crippen LogP contribution >= 0.6 is 0 Å². The first-order chi connectivity index (χ1) is 9.13. The highest BCUT2D eigenvalue weighted by Crippen LogP contribution is 2.34. The smallest absolute Gasteiger partial charge is 0.254 e. The largest absolute Gasteiger partial charge is 0.334 e. The van der Waals surface area contributed by atoms with Gasteiger partial charge >= 0.3 is 0 Å². The van der Waals surface area contributed by atoms with Crippen LogP contribution in [0, 0.1) is 17.1 Å². The zero-order valence-electron chi connectivity index (χ0n) is 9.98. The Labute approximate surface area is 108 Å². The maximum atomic E-state index is 13.5.